The molecule has 1 aromatic rings. The summed E-state index contributed by atoms with van der Waals surface area (Å²) in [6, 6.07) is 3.22. The molecular weight excluding hydrogens is 262 g/mol. The average molecular weight is 276 g/mol. The molecule has 4 nitrogen and oxygen atoms in total. The minimum absolute atomic E-state index is 0.139. The first-order chi connectivity index (χ1) is 8.12. The second-order valence-corrected chi connectivity index (χ2v) is 4.06. The summed E-state index contributed by atoms with van der Waals surface area (Å²) in [7, 11) is 3.02. The van der Waals surface area contributed by atoms with E-state index in [1.807, 2.05) is 0 Å². The monoisotopic (exact) mass is 275 g/mol. The molecule has 1 rings (SSSR count). The maximum Gasteiger partial charge on any atom is 0.225 e. The molecular formula is C11H14ClNO3S. The number of carbonyl (C=O) groups is 1. The van der Waals surface area contributed by atoms with Gasteiger partial charge in [-0.05, 0) is 11.8 Å². The Kier molecular flexibility index (Phi) is 5.44. The van der Waals surface area contributed by atoms with Gasteiger partial charge < -0.3 is 14.8 Å². The molecule has 0 unspecified atom stereocenters. The molecule has 0 aliphatic heterocycles. The topological polar surface area (TPSA) is 47.6 Å². The van der Waals surface area contributed by atoms with Gasteiger partial charge in [0.2, 0.25) is 5.91 Å². The van der Waals surface area contributed by atoms with E-state index in [1.165, 1.54) is 14.2 Å². The quantitative estimate of drug-likeness (QED) is 0.812. The van der Waals surface area contributed by atoms with Crippen LogP contribution in [0.15, 0.2) is 12.1 Å². The Hall–Kier alpha value is -1.07. The predicted molar refractivity (Wildman–Crippen MR) is 71.7 cm³/mol. The summed E-state index contributed by atoms with van der Waals surface area (Å²) in [6.45, 7) is 0. The van der Waals surface area contributed by atoms with E-state index in [0.29, 0.717) is 34.4 Å². The normalized spacial score (nSPS) is 9.88. The van der Waals surface area contributed by atoms with Crippen molar-refractivity contribution < 1.29 is 14.3 Å². The summed E-state index contributed by atoms with van der Waals surface area (Å²) in [6.07, 6.45) is 0.329. The van der Waals surface area contributed by atoms with Crippen LogP contribution in [0, 0.1) is 0 Å². The van der Waals surface area contributed by atoms with E-state index in [0.717, 1.165) is 0 Å². The van der Waals surface area contributed by atoms with Gasteiger partial charge in [0.15, 0.2) is 0 Å². The third kappa shape index (κ3) is 3.71. The van der Waals surface area contributed by atoms with Gasteiger partial charge in [0, 0.05) is 12.5 Å². The third-order valence-electron chi connectivity index (χ3n) is 2.09. The molecule has 0 aliphatic rings. The van der Waals surface area contributed by atoms with Crippen molar-refractivity contribution in [3.8, 4) is 11.5 Å². The summed E-state index contributed by atoms with van der Waals surface area (Å²) in [5.74, 6) is 1.34. The number of halogens is 1. The van der Waals surface area contributed by atoms with Crippen molar-refractivity contribution in [2.75, 3.05) is 25.3 Å². The molecule has 0 spiro atoms. The molecule has 1 amide bonds. The van der Waals surface area contributed by atoms with Crippen LogP contribution in [-0.2, 0) is 4.79 Å². The van der Waals surface area contributed by atoms with Crippen molar-refractivity contribution in [3.63, 3.8) is 0 Å². The van der Waals surface area contributed by atoms with E-state index in [2.05, 4.69) is 17.9 Å². The minimum Gasteiger partial charge on any atom is -0.495 e. The molecule has 0 aliphatic carbocycles. The molecule has 6 heteroatoms. The van der Waals surface area contributed by atoms with E-state index >= 15 is 0 Å². The molecule has 0 aromatic heterocycles. The van der Waals surface area contributed by atoms with Crippen LogP contribution in [0.2, 0.25) is 5.02 Å². The number of rotatable bonds is 5. The molecule has 17 heavy (non-hydrogen) atoms. The number of ether oxygens (including phenoxy) is 2. The van der Waals surface area contributed by atoms with Crippen LogP contribution in [-0.4, -0.2) is 25.9 Å². The SMILES string of the molecule is COc1cc(OC)c(NC(=O)CCS)cc1Cl. The van der Waals surface area contributed by atoms with E-state index in [9.17, 15) is 4.79 Å². The van der Waals surface area contributed by atoms with Crippen molar-refractivity contribution in [2.45, 2.75) is 6.42 Å². The first-order valence-corrected chi connectivity index (χ1v) is 5.95. The molecule has 0 saturated heterocycles. The second kappa shape index (κ2) is 6.61. The lowest BCUT2D eigenvalue weighted by molar-refractivity contribution is -0.115. The van der Waals surface area contributed by atoms with Gasteiger partial charge in [0.25, 0.3) is 0 Å². The van der Waals surface area contributed by atoms with Crippen LogP contribution in [0.25, 0.3) is 0 Å². The third-order valence-corrected chi connectivity index (χ3v) is 2.61. The summed E-state index contributed by atoms with van der Waals surface area (Å²) in [4.78, 5) is 11.5. The molecule has 0 heterocycles. The standard InChI is InChI=1S/C11H14ClNO3S/c1-15-9-6-10(16-2)8(5-7(9)12)13-11(14)3-4-17/h5-6,17H,3-4H2,1-2H3,(H,13,14). The van der Waals surface area contributed by atoms with Crippen molar-refractivity contribution in [3.05, 3.63) is 17.2 Å². The van der Waals surface area contributed by atoms with Crippen molar-refractivity contribution in [1.82, 2.24) is 0 Å². The number of hydrogen-bond donors (Lipinski definition) is 2. The highest BCUT2D eigenvalue weighted by Gasteiger charge is 2.11. The van der Waals surface area contributed by atoms with Gasteiger partial charge >= 0.3 is 0 Å². The Balaban J connectivity index is 2.98. The maximum absolute atomic E-state index is 11.5. The molecule has 94 valence electrons. The van der Waals surface area contributed by atoms with Gasteiger partial charge in [0.05, 0.1) is 24.9 Å². The highest BCUT2D eigenvalue weighted by Crippen LogP contribution is 2.35. The van der Waals surface area contributed by atoms with Gasteiger partial charge in [-0.2, -0.15) is 12.6 Å². The molecule has 0 fully saturated rings. The number of nitrogens with one attached hydrogen (secondary N) is 1. The molecule has 0 atom stereocenters. The van der Waals surface area contributed by atoms with Crippen molar-refractivity contribution in [1.29, 1.82) is 0 Å². The highest BCUT2D eigenvalue weighted by molar-refractivity contribution is 7.80. The van der Waals surface area contributed by atoms with Gasteiger partial charge in [-0.3, -0.25) is 4.79 Å². The van der Waals surface area contributed by atoms with Gasteiger partial charge in [-0.15, -0.1) is 0 Å². The van der Waals surface area contributed by atoms with Crippen LogP contribution >= 0.6 is 24.2 Å². The van der Waals surface area contributed by atoms with Crippen LogP contribution in [0.3, 0.4) is 0 Å². The van der Waals surface area contributed by atoms with E-state index in [4.69, 9.17) is 21.1 Å². The molecule has 1 N–H and O–H groups in total. The predicted octanol–water partition coefficient (Wildman–Crippen LogP) is 2.62. The van der Waals surface area contributed by atoms with E-state index in [-0.39, 0.29) is 5.91 Å². The first-order valence-electron chi connectivity index (χ1n) is 4.94. The fourth-order valence-electron chi connectivity index (χ4n) is 1.27. The number of anilines is 1. The maximum atomic E-state index is 11.5. The van der Waals surface area contributed by atoms with Gasteiger partial charge in [-0.25, -0.2) is 0 Å². The fraction of sp³-hybridized carbons (Fsp3) is 0.364. The zero-order valence-corrected chi connectivity index (χ0v) is 11.3. The summed E-state index contributed by atoms with van der Waals surface area (Å²) in [5, 5.41) is 3.11. The lowest BCUT2D eigenvalue weighted by Gasteiger charge is -2.12. The second-order valence-electron chi connectivity index (χ2n) is 3.21. The number of thiol groups is 1. The molecule has 0 radical (unpaired) electrons. The van der Waals surface area contributed by atoms with Crippen molar-refractivity contribution in [2.24, 2.45) is 0 Å². The lowest BCUT2D eigenvalue weighted by Crippen LogP contribution is -2.12. The zero-order chi connectivity index (χ0) is 12.8. The Bertz CT molecular complexity index is 412. The Morgan fingerprint density at radius 1 is 1.35 bits per heavy atom. The van der Waals surface area contributed by atoms with Crippen LogP contribution in [0.1, 0.15) is 6.42 Å². The number of carbonyl (C=O) groups excluding carboxylic acids is 1. The number of benzene rings is 1. The smallest absolute Gasteiger partial charge is 0.225 e. The number of amides is 1. The minimum atomic E-state index is -0.139. The first kappa shape index (κ1) is 14.0. The lowest BCUT2D eigenvalue weighted by atomic mass is 10.2. The Labute approximate surface area is 111 Å². The molecule has 0 bridgehead atoms. The average Bonchev–Trinajstić information content (AvgIpc) is 2.29. The largest absolute Gasteiger partial charge is 0.495 e. The summed E-state index contributed by atoms with van der Waals surface area (Å²) in [5.41, 5.74) is 0.519. The van der Waals surface area contributed by atoms with Gasteiger partial charge in [0.1, 0.15) is 11.5 Å². The van der Waals surface area contributed by atoms with Crippen LogP contribution in [0.5, 0.6) is 11.5 Å². The van der Waals surface area contributed by atoms with Gasteiger partial charge in [-0.1, -0.05) is 11.6 Å². The highest BCUT2D eigenvalue weighted by atomic mass is 35.5. The van der Waals surface area contributed by atoms with Crippen LogP contribution < -0.4 is 14.8 Å². The fourth-order valence-corrected chi connectivity index (χ4v) is 1.72. The van der Waals surface area contributed by atoms with E-state index < -0.39 is 0 Å². The van der Waals surface area contributed by atoms with Crippen LogP contribution in [0.4, 0.5) is 5.69 Å². The Morgan fingerprint density at radius 2 is 2.00 bits per heavy atom. The zero-order valence-electron chi connectivity index (χ0n) is 9.62. The van der Waals surface area contributed by atoms with E-state index in [1.54, 1.807) is 12.1 Å². The molecule has 1 aromatic carbocycles. The Morgan fingerprint density at radius 3 is 2.53 bits per heavy atom. The number of methoxy groups -OCH3 is 2. The summed E-state index contributed by atoms with van der Waals surface area (Å²) < 4.78 is 10.2. The number of hydrogen-bond acceptors (Lipinski definition) is 4. The summed E-state index contributed by atoms with van der Waals surface area (Å²) >= 11 is 9.96. The molecule has 0 saturated carbocycles. The van der Waals surface area contributed by atoms with Crippen molar-refractivity contribution >= 4 is 35.8 Å².